The van der Waals surface area contributed by atoms with Gasteiger partial charge in [-0.2, -0.15) is 0 Å². The van der Waals surface area contributed by atoms with E-state index in [2.05, 4.69) is 11.6 Å². The van der Waals surface area contributed by atoms with Crippen molar-refractivity contribution in [2.24, 2.45) is 0 Å². The van der Waals surface area contributed by atoms with Gasteiger partial charge in [-0.25, -0.2) is 4.39 Å². The summed E-state index contributed by atoms with van der Waals surface area (Å²) in [6, 6.07) is 3.46. The summed E-state index contributed by atoms with van der Waals surface area (Å²) in [6.07, 6.45) is 1.43. The van der Waals surface area contributed by atoms with Gasteiger partial charge in [0.15, 0.2) is 5.82 Å². The number of rotatable bonds is 1. The number of aryl methyl sites for hydroxylation is 1. The van der Waals surface area contributed by atoms with Crippen molar-refractivity contribution in [3.8, 4) is 0 Å². The van der Waals surface area contributed by atoms with E-state index in [1.807, 2.05) is 6.92 Å². The van der Waals surface area contributed by atoms with E-state index in [9.17, 15) is 9.18 Å². The molecule has 0 saturated carbocycles. The van der Waals surface area contributed by atoms with E-state index >= 15 is 0 Å². The SMILES string of the molecule is C=Cc1ccc2c(C)c(C)c(=O)[nH]c2c1F. The smallest absolute Gasteiger partial charge is 0.251 e. The monoisotopic (exact) mass is 217 g/mol. The standard InChI is InChI=1S/C13H12FNO/c1-4-9-5-6-10-7(2)8(3)13(16)15-12(10)11(9)14/h4-6H,1H2,2-3H3,(H,15,16). The molecule has 1 aromatic heterocycles. The molecule has 0 saturated heterocycles. The third kappa shape index (κ3) is 1.36. The first-order valence-electron chi connectivity index (χ1n) is 5.00. The minimum absolute atomic E-state index is 0.245. The predicted molar refractivity (Wildman–Crippen MR) is 64.1 cm³/mol. The average Bonchev–Trinajstić information content (AvgIpc) is 2.28. The molecule has 2 aromatic rings. The minimum atomic E-state index is -0.423. The molecule has 2 rings (SSSR count). The van der Waals surface area contributed by atoms with Gasteiger partial charge in [0.05, 0.1) is 5.52 Å². The normalized spacial score (nSPS) is 10.7. The van der Waals surface area contributed by atoms with Crippen LogP contribution in [0.4, 0.5) is 4.39 Å². The largest absolute Gasteiger partial charge is 0.319 e. The first-order valence-corrected chi connectivity index (χ1v) is 5.00. The zero-order valence-electron chi connectivity index (χ0n) is 9.23. The van der Waals surface area contributed by atoms with Crippen molar-refractivity contribution in [2.45, 2.75) is 13.8 Å². The number of halogens is 1. The van der Waals surface area contributed by atoms with Crippen LogP contribution in [-0.2, 0) is 0 Å². The summed E-state index contributed by atoms with van der Waals surface area (Å²) in [4.78, 5) is 14.1. The lowest BCUT2D eigenvalue weighted by molar-refractivity contribution is 0.633. The van der Waals surface area contributed by atoms with Crippen molar-refractivity contribution in [3.63, 3.8) is 0 Å². The van der Waals surface area contributed by atoms with Gasteiger partial charge in [-0.05, 0) is 19.4 Å². The highest BCUT2D eigenvalue weighted by molar-refractivity contribution is 5.85. The topological polar surface area (TPSA) is 32.9 Å². The molecule has 0 bridgehead atoms. The molecule has 0 atom stereocenters. The number of hydrogen-bond acceptors (Lipinski definition) is 1. The van der Waals surface area contributed by atoms with Crippen LogP contribution in [-0.4, -0.2) is 4.98 Å². The Morgan fingerprint density at radius 2 is 2.00 bits per heavy atom. The first-order chi connectivity index (χ1) is 7.56. The first kappa shape index (κ1) is 10.6. The Labute approximate surface area is 92.4 Å². The van der Waals surface area contributed by atoms with Gasteiger partial charge < -0.3 is 4.98 Å². The number of aromatic nitrogens is 1. The van der Waals surface area contributed by atoms with Crippen LogP contribution in [0.25, 0.3) is 17.0 Å². The molecular weight excluding hydrogens is 205 g/mol. The van der Waals surface area contributed by atoms with Crippen LogP contribution in [0.5, 0.6) is 0 Å². The summed E-state index contributed by atoms with van der Waals surface area (Å²) in [7, 11) is 0. The van der Waals surface area contributed by atoms with Gasteiger partial charge in [0.1, 0.15) is 0 Å². The molecule has 0 aliphatic carbocycles. The molecule has 1 heterocycles. The Morgan fingerprint density at radius 3 is 2.62 bits per heavy atom. The molecule has 0 aliphatic rings. The van der Waals surface area contributed by atoms with Crippen molar-refractivity contribution in [1.82, 2.24) is 4.98 Å². The van der Waals surface area contributed by atoms with E-state index in [-0.39, 0.29) is 11.1 Å². The molecule has 0 aliphatic heterocycles. The zero-order chi connectivity index (χ0) is 11.9. The zero-order valence-corrected chi connectivity index (χ0v) is 9.23. The van der Waals surface area contributed by atoms with Crippen LogP contribution in [0.15, 0.2) is 23.5 Å². The molecular formula is C13H12FNO. The summed E-state index contributed by atoms with van der Waals surface area (Å²) >= 11 is 0. The van der Waals surface area contributed by atoms with E-state index in [1.54, 1.807) is 19.1 Å². The fraction of sp³-hybridized carbons (Fsp3) is 0.154. The maximum absolute atomic E-state index is 13.9. The fourth-order valence-corrected chi connectivity index (χ4v) is 1.76. The fourth-order valence-electron chi connectivity index (χ4n) is 1.76. The van der Waals surface area contributed by atoms with Gasteiger partial charge in [-0.1, -0.05) is 24.8 Å². The molecule has 0 radical (unpaired) electrons. The van der Waals surface area contributed by atoms with E-state index in [1.165, 1.54) is 6.08 Å². The second-order valence-corrected chi connectivity index (χ2v) is 3.80. The number of pyridine rings is 1. The molecule has 1 aromatic carbocycles. The van der Waals surface area contributed by atoms with E-state index in [0.717, 1.165) is 10.9 Å². The molecule has 82 valence electrons. The Hall–Kier alpha value is -1.90. The number of aromatic amines is 1. The summed E-state index contributed by atoms with van der Waals surface area (Å²) in [5.41, 5.74) is 1.84. The van der Waals surface area contributed by atoms with E-state index in [4.69, 9.17) is 0 Å². The van der Waals surface area contributed by atoms with Gasteiger partial charge in [0.25, 0.3) is 5.56 Å². The highest BCUT2D eigenvalue weighted by Gasteiger charge is 2.10. The van der Waals surface area contributed by atoms with Crippen molar-refractivity contribution >= 4 is 17.0 Å². The third-order valence-electron chi connectivity index (χ3n) is 2.94. The van der Waals surface area contributed by atoms with Crippen LogP contribution in [0.1, 0.15) is 16.7 Å². The molecule has 1 N–H and O–H groups in total. The Bertz CT molecular complexity index is 640. The Kier molecular flexibility index (Phi) is 2.38. The van der Waals surface area contributed by atoms with E-state index in [0.29, 0.717) is 11.1 Å². The van der Waals surface area contributed by atoms with Gasteiger partial charge >= 0.3 is 0 Å². The van der Waals surface area contributed by atoms with Gasteiger partial charge in [-0.3, -0.25) is 4.79 Å². The molecule has 3 heteroatoms. The van der Waals surface area contributed by atoms with Crippen LogP contribution in [0, 0.1) is 19.7 Å². The lowest BCUT2D eigenvalue weighted by Gasteiger charge is -2.07. The van der Waals surface area contributed by atoms with Crippen molar-refractivity contribution in [3.05, 3.63) is 51.6 Å². The van der Waals surface area contributed by atoms with Crippen molar-refractivity contribution in [1.29, 1.82) is 0 Å². The maximum atomic E-state index is 13.9. The lowest BCUT2D eigenvalue weighted by atomic mass is 10.0. The summed E-state index contributed by atoms with van der Waals surface area (Å²) < 4.78 is 13.9. The Morgan fingerprint density at radius 1 is 1.31 bits per heavy atom. The highest BCUT2D eigenvalue weighted by Crippen LogP contribution is 2.22. The molecule has 0 amide bonds. The summed E-state index contributed by atoms with van der Waals surface area (Å²) in [5.74, 6) is -0.423. The molecule has 16 heavy (non-hydrogen) atoms. The van der Waals surface area contributed by atoms with Crippen LogP contribution >= 0.6 is 0 Å². The number of nitrogens with one attached hydrogen (secondary N) is 1. The second-order valence-electron chi connectivity index (χ2n) is 3.80. The third-order valence-corrected chi connectivity index (χ3v) is 2.94. The van der Waals surface area contributed by atoms with E-state index < -0.39 is 5.82 Å². The molecule has 2 nitrogen and oxygen atoms in total. The van der Waals surface area contributed by atoms with Crippen LogP contribution in [0.2, 0.25) is 0 Å². The summed E-state index contributed by atoms with van der Waals surface area (Å²) in [5, 5.41) is 0.736. The maximum Gasteiger partial charge on any atom is 0.251 e. The predicted octanol–water partition coefficient (Wildman–Crippen LogP) is 2.93. The van der Waals surface area contributed by atoms with Gasteiger partial charge in [0.2, 0.25) is 0 Å². The number of H-pyrrole nitrogens is 1. The van der Waals surface area contributed by atoms with Gasteiger partial charge in [0, 0.05) is 16.5 Å². The van der Waals surface area contributed by atoms with Crippen molar-refractivity contribution in [2.75, 3.05) is 0 Å². The molecule has 0 spiro atoms. The molecule has 0 unspecified atom stereocenters. The average molecular weight is 217 g/mol. The highest BCUT2D eigenvalue weighted by atomic mass is 19.1. The number of fused-ring (bicyclic) bond motifs is 1. The Balaban J connectivity index is 3.02. The molecule has 0 fully saturated rings. The second kappa shape index (κ2) is 3.59. The van der Waals surface area contributed by atoms with Crippen LogP contribution < -0.4 is 5.56 Å². The van der Waals surface area contributed by atoms with Crippen LogP contribution in [0.3, 0.4) is 0 Å². The lowest BCUT2D eigenvalue weighted by Crippen LogP contribution is -2.12. The quantitative estimate of drug-likeness (QED) is 0.782. The van der Waals surface area contributed by atoms with Gasteiger partial charge in [-0.15, -0.1) is 0 Å². The number of benzene rings is 1. The number of hydrogen-bond donors (Lipinski definition) is 1. The minimum Gasteiger partial charge on any atom is -0.319 e. The van der Waals surface area contributed by atoms with Crippen molar-refractivity contribution < 1.29 is 4.39 Å². The summed E-state index contributed by atoms with van der Waals surface area (Å²) in [6.45, 7) is 7.08.